The first-order valence-electron chi connectivity index (χ1n) is 6.44. The standard InChI is InChI=1S/C15H24N2O/c1-6-11(2)12-7-9-13(10-8-12)15(3,4)14(18)17(5)16/h7-11H,6,16H2,1-5H3. The number of carbonyl (C=O) groups excluding carboxylic acids is 1. The minimum Gasteiger partial charge on any atom is -0.283 e. The average Bonchev–Trinajstić information content (AvgIpc) is 2.36. The fraction of sp³-hybridized carbons (Fsp3) is 0.533. The highest BCUT2D eigenvalue weighted by atomic mass is 16.2. The smallest absolute Gasteiger partial charge is 0.246 e. The van der Waals surface area contributed by atoms with E-state index < -0.39 is 5.41 Å². The second kappa shape index (κ2) is 5.53. The normalized spacial score (nSPS) is 13.2. The molecule has 1 amide bonds. The Morgan fingerprint density at radius 1 is 1.33 bits per heavy atom. The monoisotopic (exact) mass is 248 g/mol. The lowest BCUT2D eigenvalue weighted by atomic mass is 9.82. The molecule has 1 rings (SSSR count). The molecular formula is C15H24N2O. The Balaban J connectivity index is 3.01. The minimum atomic E-state index is -0.586. The van der Waals surface area contributed by atoms with Crippen molar-refractivity contribution in [2.24, 2.45) is 5.84 Å². The average molecular weight is 248 g/mol. The van der Waals surface area contributed by atoms with Crippen molar-refractivity contribution >= 4 is 5.91 Å². The number of hydrogen-bond donors (Lipinski definition) is 1. The number of amides is 1. The molecule has 0 aliphatic heterocycles. The van der Waals surface area contributed by atoms with Crippen molar-refractivity contribution in [1.29, 1.82) is 0 Å². The lowest BCUT2D eigenvalue weighted by Gasteiger charge is -2.27. The van der Waals surface area contributed by atoms with Crippen LogP contribution in [0.3, 0.4) is 0 Å². The van der Waals surface area contributed by atoms with Crippen molar-refractivity contribution in [1.82, 2.24) is 5.01 Å². The highest BCUT2D eigenvalue weighted by Crippen LogP contribution is 2.27. The molecule has 1 aromatic rings. The van der Waals surface area contributed by atoms with Gasteiger partial charge in [-0.15, -0.1) is 0 Å². The highest BCUT2D eigenvalue weighted by molar-refractivity contribution is 5.86. The number of benzene rings is 1. The maximum absolute atomic E-state index is 12.0. The van der Waals surface area contributed by atoms with E-state index in [2.05, 4.69) is 26.0 Å². The molecule has 0 bridgehead atoms. The summed E-state index contributed by atoms with van der Waals surface area (Å²) in [5.41, 5.74) is 1.72. The summed E-state index contributed by atoms with van der Waals surface area (Å²) in [7, 11) is 1.58. The van der Waals surface area contributed by atoms with Gasteiger partial charge in [-0.05, 0) is 37.3 Å². The van der Waals surface area contributed by atoms with Gasteiger partial charge in [0.15, 0.2) is 0 Å². The molecule has 1 unspecified atom stereocenters. The molecule has 3 nitrogen and oxygen atoms in total. The minimum absolute atomic E-state index is 0.0845. The van der Waals surface area contributed by atoms with E-state index in [1.54, 1.807) is 7.05 Å². The van der Waals surface area contributed by atoms with Crippen LogP contribution >= 0.6 is 0 Å². The van der Waals surface area contributed by atoms with Gasteiger partial charge in [0.2, 0.25) is 5.91 Å². The molecular weight excluding hydrogens is 224 g/mol. The summed E-state index contributed by atoms with van der Waals surface area (Å²) in [5, 5.41) is 1.16. The Kier molecular flexibility index (Phi) is 4.52. The van der Waals surface area contributed by atoms with E-state index in [0.717, 1.165) is 17.0 Å². The van der Waals surface area contributed by atoms with Crippen LogP contribution in [0.25, 0.3) is 0 Å². The lowest BCUT2D eigenvalue weighted by Crippen LogP contribution is -2.44. The van der Waals surface area contributed by atoms with E-state index in [1.165, 1.54) is 5.56 Å². The van der Waals surface area contributed by atoms with Crippen LogP contribution in [-0.2, 0) is 10.2 Å². The van der Waals surface area contributed by atoms with Gasteiger partial charge in [0.1, 0.15) is 0 Å². The van der Waals surface area contributed by atoms with Crippen molar-refractivity contribution < 1.29 is 4.79 Å². The van der Waals surface area contributed by atoms with E-state index in [0.29, 0.717) is 5.92 Å². The van der Waals surface area contributed by atoms with Gasteiger partial charge in [0.05, 0.1) is 5.41 Å². The van der Waals surface area contributed by atoms with Crippen LogP contribution in [0, 0.1) is 0 Å². The highest BCUT2D eigenvalue weighted by Gasteiger charge is 2.31. The van der Waals surface area contributed by atoms with Crippen molar-refractivity contribution in [2.45, 2.75) is 45.4 Å². The number of hydrazine groups is 1. The summed E-state index contributed by atoms with van der Waals surface area (Å²) in [5.74, 6) is 6.01. The van der Waals surface area contributed by atoms with Gasteiger partial charge in [-0.3, -0.25) is 9.80 Å². The van der Waals surface area contributed by atoms with Gasteiger partial charge >= 0.3 is 0 Å². The zero-order chi connectivity index (χ0) is 13.9. The van der Waals surface area contributed by atoms with Gasteiger partial charge < -0.3 is 0 Å². The van der Waals surface area contributed by atoms with Crippen molar-refractivity contribution in [2.75, 3.05) is 7.05 Å². The fourth-order valence-corrected chi connectivity index (χ4v) is 2.03. The third-order valence-electron chi connectivity index (χ3n) is 3.67. The van der Waals surface area contributed by atoms with E-state index in [1.807, 2.05) is 26.0 Å². The molecule has 100 valence electrons. The summed E-state index contributed by atoms with van der Waals surface area (Å²) in [4.78, 5) is 12.0. The third-order valence-corrected chi connectivity index (χ3v) is 3.67. The molecule has 0 aliphatic carbocycles. The number of likely N-dealkylation sites (N-methyl/N-ethyl adjacent to an activating group) is 1. The predicted molar refractivity (Wildman–Crippen MR) is 75.1 cm³/mol. The topological polar surface area (TPSA) is 46.3 Å². The molecule has 18 heavy (non-hydrogen) atoms. The zero-order valence-electron chi connectivity index (χ0n) is 12.0. The molecule has 1 aromatic carbocycles. The van der Waals surface area contributed by atoms with Gasteiger partial charge in [0.25, 0.3) is 0 Å². The van der Waals surface area contributed by atoms with Gasteiger partial charge in [-0.1, -0.05) is 38.1 Å². The number of hydrogen-bond acceptors (Lipinski definition) is 2. The van der Waals surface area contributed by atoms with E-state index >= 15 is 0 Å². The van der Waals surface area contributed by atoms with E-state index in [9.17, 15) is 4.79 Å². The van der Waals surface area contributed by atoms with Crippen LogP contribution < -0.4 is 5.84 Å². The van der Waals surface area contributed by atoms with Crippen LogP contribution in [0.1, 0.15) is 51.2 Å². The van der Waals surface area contributed by atoms with Crippen LogP contribution in [0.15, 0.2) is 24.3 Å². The summed E-state index contributed by atoms with van der Waals surface area (Å²) in [6.07, 6.45) is 1.12. The van der Waals surface area contributed by atoms with Gasteiger partial charge in [-0.25, -0.2) is 5.84 Å². The first-order valence-corrected chi connectivity index (χ1v) is 6.44. The van der Waals surface area contributed by atoms with Gasteiger partial charge in [-0.2, -0.15) is 0 Å². The summed E-state index contributed by atoms with van der Waals surface area (Å²) < 4.78 is 0. The Morgan fingerprint density at radius 2 is 1.83 bits per heavy atom. The number of nitrogens with two attached hydrogens (primary N) is 1. The third kappa shape index (κ3) is 2.91. The van der Waals surface area contributed by atoms with Crippen LogP contribution in [0.4, 0.5) is 0 Å². The molecule has 0 heterocycles. The summed E-state index contributed by atoms with van der Waals surface area (Å²) in [6, 6.07) is 8.27. The molecule has 0 saturated heterocycles. The first-order chi connectivity index (χ1) is 8.30. The maximum atomic E-state index is 12.0. The number of nitrogens with zero attached hydrogens (tertiary/aromatic N) is 1. The number of rotatable bonds is 4. The van der Waals surface area contributed by atoms with Crippen molar-refractivity contribution in [3.8, 4) is 0 Å². The zero-order valence-corrected chi connectivity index (χ0v) is 12.0. The molecule has 1 atom stereocenters. The van der Waals surface area contributed by atoms with Gasteiger partial charge in [0, 0.05) is 7.05 Å². The van der Waals surface area contributed by atoms with Crippen LogP contribution in [-0.4, -0.2) is 18.0 Å². The Morgan fingerprint density at radius 3 is 2.22 bits per heavy atom. The Bertz CT molecular complexity index is 407. The Hall–Kier alpha value is -1.35. The lowest BCUT2D eigenvalue weighted by molar-refractivity contribution is -0.135. The Labute approximate surface area is 110 Å². The number of carbonyl (C=O) groups is 1. The van der Waals surface area contributed by atoms with Crippen LogP contribution in [0.2, 0.25) is 0 Å². The molecule has 2 N–H and O–H groups in total. The molecule has 0 saturated carbocycles. The quantitative estimate of drug-likeness (QED) is 0.506. The second-order valence-electron chi connectivity index (χ2n) is 5.47. The molecule has 0 aromatic heterocycles. The fourth-order valence-electron chi connectivity index (χ4n) is 2.03. The first kappa shape index (κ1) is 14.7. The molecule has 0 spiro atoms. The van der Waals surface area contributed by atoms with E-state index in [-0.39, 0.29) is 5.91 Å². The van der Waals surface area contributed by atoms with Crippen LogP contribution in [0.5, 0.6) is 0 Å². The maximum Gasteiger partial charge on any atom is 0.246 e. The molecule has 3 heteroatoms. The SMILES string of the molecule is CCC(C)c1ccc(C(C)(C)C(=O)N(C)N)cc1. The molecule has 0 radical (unpaired) electrons. The van der Waals surface area contributed by atoms with Crippen molar-refractivity contribution in [3.05, 3.63) is 35.4 Å². The molecule has 0 fully saturated rings. The summed E-state index contributed by atoms with van der Waals surface area (Å²) >= 11 is 0. The second-order valence-corrected chi connectivity index (χ2v) is 5.47. The van der Waals surface area contributed by atoms with E-state index in [4.69, 9.17) is 5.84 Å². The van der Waals surface area contributed by atoms with Crippen molar-refractivity contribution in [3.63, 3.8) is 0 Å². The summed E-state index contributed by atoms with van der Waals surface area (Å²) in [6.45, 7) is 8.18. The largest absolute Gasteiger partial charge is 0.283 e. The molecule has 0 aliphatic rings. The predicted octanol–water partition coefficient (Wildman–Crippen LogP) is 2.81.